The quantitative estimate of drug-likeness (QED) is 0.135. The fourth-order valence-electron chi connectivity index (χ4n) is 8.66. The zero-order chi connectivity index (χ0) is 42.2. The smallest absolute Gasteiger partial charge is 0.127 e. The summed E-state index contributed by atoms with van der Waals surface area (Å²) in [6, 6.07) is 22.4. The average Bonchev–Trinajstić information content (AvgIpc) is 3.04. The third-order valence-corrected chi connectivity index (χ3v) is 11.4. The molecule has 0 aliphatic heterocycles. The van der Waals surface area contributed by atoms with E-state index < -0.39 is 21.7 Å². The summed E-state index contributed by atoms with van der Waals surface area (Å²) >= 11 is 0. The summed E-state index contributed by atoms with van der Waals surface area (Å²) in [4.78, 5) is 0. The Morgan fingerprint density at radius 3 is 0.946 bits per heavy atom. The number of phenolic OH excluding ortho intramolecular Hbond substituents is 4. The lowest BCUT2D eigenvalue weighted by molar-refractivity contribution is 0.411. The minimum atomic E-state index is -1.53. The molecule has 0 amide bonds. The van der Waals surface area contributed by atoms with Gasteiger partial charge in [-0.3, -0.25) is 0 Å². The number of rotatable bonds is 5. The molecule has 0 aromatic heterocycles. The molecule has 0 aliphatic rings. The summed E-state index contributed by atoms with van der Waals surface area (Å²) in [6.07, 6.45) is 0. The molecule has 0 bridgehead atoms. The van der Waals surface area contributed by atoms with Crippen LogP contribution in [0.4, 0.5) is 0 Å². The Balaban J connectivity index is 2.29. The zero-order valence-electron chi connectivity index (χ0n) is 37.1. The first-order valence-corrected chi connectivity index (χ1v) is 20.0. The van der Waals surface area contributed by atoms with Crippen LogP contribution >= 0.6 is 0 Å². The molecule has 56 heavy (non-hydrogen) atoms. The van der Waals surface area contributed by atoms with Crippen LogP contribution in [0.5, 0.6) is 23.0 Å². The van der Waals surface area contributed by atoms with Gasteiger partial charge in [-0.2, -0.15) is 0 Å². The van der Waals surface area contributed by atoms with E-state index in [1.54, 1.807) is 0 Å². The van der Waals surface area contributed by atoms with E-state index in [4.69, 9.17) is 0 Å². The maximum absolute atomic E-state index is 13.0. The van der Waals surface area contributed by atoms with Crippen LogP contribution in [-0.4, -0.2) is 20.4 Å². The maximum atomic E-state index is 13.0. The van der Waals surface area contributed by atoms with Crippen LogP contribution in [0.3, 0.4) is 0 Å². The second kappa shape index (κ2) is 14.0. The predicted molar refractivity (Wildman–Crippen MR) is 235 cm³/mol. The molecule has 0 saturated carbocycles. The Bertz CT molecular complexity index is 2160. The van der Waals surface area contributed by atoms with Gasteiger partial charge >= 0.3 is 0 Å². The fraction of sp³-hybridized carbons (Fsp3) is 0.423. The minimum absolute atomic E-state index is 0.0934. The lowest BCUT2D eigenvalue weighted by Gasteiger charge is -2.42. The van der Waals surface area contributed by atoms with Gasteiger partial charge in [0.2, 0.25) is 0 Å². The first-order valence-electron chi connectivity index (χ1n) is 20.0. The van der Waals surface area contributed by atoms with E-state index in [0.717, 1.165) is 61.2 Å². The average molecular weight is 755 g/mol. The molecule has 4 N–H and O–H groups in total. The van der Waals surface area contributed by atoms with E-state index >= 15 is 0 Å². The fourth-order valence-corrected chi connectivity index (χ4v) is 8.66. The molecule has 298 valence electrons. The van der Waals surface area contributed by atoms with Crippen LogP contribution in [0.2, 0.25) is 0 Å². The molecular weight excluding hydrogens is 689 g/mol. The van der Waals surface area contributed by atoms with Gasteiger partial charge in [0.25, 0.3) is 0 Å². The molecule has 4 heteroatoms. The maximum Gasteiger partial charge on any atom is 0.127 e. The summed E-state index contributed by atoms with van der Waals surface area (Å²) in [5.74, 6) is 0.464. The van der Waals surface area contributed by atoms with E-state index in [-0.39, 0.29) is 28.4 Å². The lowest BCUT2D eigenvalue weighted by atomic mass is 9.59. The number of benzene rings is 5. The molecule has 0 atom stereocenters. The number of hydrogen-bond acceptors (Lipinski definition) is 4. The van der Waals surface area contributed by atoms with Crippen molar-refractivity contribution in [3.63, 3.8) is 0 Å². The van der Waals surface area contributed by atoms with Crippen LogP contribution in [0.15, 0.2) is 66.7 Å². The second-order valence-electron chi connectivity index (χ2n) is 20.6. The van der Waals surface area contributed by atoms with Gasteiger partial charge < -0.3 is 20.4 Å². The summed E-state index contributed by atoms with van der Waals surface area (Å²) < 4.78 is 0. The van der Waals surface area contributed by atoms with Crippen molar-refractivity contribution in [2.75, 3.05) is 0 Å². The van der Waals surface area contributed by atoms with E-state index in [1.165, 1.54) is 0 Å². The largest absolute Gasteiger partial charge is 0.507 e. The van der Waals surface area contributed by atoms with Gasteiger partial charge in [0.15, 0.2) is 0 Å². The van der Waals surface area contributed by atoms with Gasteiger partial charge in [0, 0.05) is 27.8 Å². The van der Waals surface area contributed by atoms with Gasteiger partial charge in [-0.25, -0.2) is 0 Å². The molecular formula is C52H66O4. The Morgan fingerprint density at radius 1 is 0.339 bits per heavy atom. The Hall–Kier alpha value is -4.70. The summed E-state index contributed by atoms with van der Waals surface area (Å²) in [5, 5.41) is 51.5. The molecule has 5 rings (SSSR count). The van der Waals surface area contributed by atoms with Gasteiger partial charge in [0.1, 0.15) is 23.0 Å². The Morgan fingerprint density at radius 2 is 0.625 bits per heavy atom. The number of aromatic hydroxyl groups is 4. The minimum Gasteiger partial charge on any atom is -0.507 e. The molecule has 0 heterocycles. The molecule has 4 nitrogen and oxygen atoms in total. The summed E-state index contributed by atoms with van der Waals surface area (Å²) in [5.41, 5.74) is 8.29. The van der Waals surface area contributed by atoms with Crippen molar-refractivity contribution in [3.05, 3.63) is 139 Å². The lowest BCUT2D eigenvalue weighted by Crippen LogP contribution is -2.34. The highest BCUT2D eigenvalue weighted by atomic mass is 16.3. The van der Waals surface area contributed by atoms with E-state index in [9.17, 15) is 20.4 Å². The van der Waals surface area contributed by atoms with Crippen LogP contribution in [0.1, 0.15) is 155 Å². The third-order valence-electron chi connectivity index (χ3n) is 11.4. The van der Waals surface area contributed by atoms with Crippen molar-refractivity contribution in [1.82, 2.24) is 0 Å². The van der Waals surface area contributed by atoms with Crippen LogP contribution < -0.4 is 0 Å². The third kappa shape index (κ3) is 7.33. The molecule has 5 aromatic rings. The molecule has 0 fully saturated rings. The summed E-state index contributed by atoms with van der Waals surface area (Å²) in [6.45, 7) is 35.3. The molecule has 0 saturated heterocycles. The first kappa shape index (κ1) is 42.4. The van der Waals surface area contributed by atoms with Gasteiger partial charge in [-0.05, 0) is 101 Å². The highest BCUT2D eigenvalue weighted by Gasteiger charge is 2.49. The standard InChI is InChI=1S/C52H66O4/c1-29-21-34(44(53)36(22-29)48(6,7)8)43-33(5)19-18-20-35(43)52(40-26-30(2)23-37(45(40)54)49(9,10)11,41-27-31(3)24-38(46(41)55)50(12,13)14)42-28-32(4)25-39(47(42)56)51(15,16)17/h18-28,53-56H,1-17H3. The topological polar surface area (TPSA) is 80.9 Å². The van der Waals surface area contributed by atoms with Crippen LogP contribution in [0.25, 0.3) is 11.1 Å². The van der Waals surface area contributed by atoms with Crippen molar-refractivity contribution >= 4 is 0 Å². The number of hydrogen-bond donors (Lipinski definition) is 4. The highest BCUT2D eigenvalue weighted by Crippen LogP contribution is 2.60. The predicted octanol–water partition coefficient (Wildman–Crippen LogP) is 13.3. The van der Waals surface area contributed by atoms with Gasteiger partial charge in [0.05, 0.1) is 5.41 Å². The molecule has 5 aromatic carbocycles. The number of phenols is 4. The second-order valence-corrected chi connectivity index (χ2v) is 20.6. The van der Waals surface area contributed by atoms with Crippen molar-refractivity contribution in [3.8, 4) is 34.1 Å². The molecule has 0 aliphatic carbocycles. The monoisotopic (exact) mass is 754 g/mol. The van der Waals surface area contributed by atoms with Crippen molar-refractivity contribution in [2.45, 2.75) is 145 Å². The summed E-state index contributed by atoms with van der Waals surface area (Å²) in [7, 11) is 0. The Kier molecular flexibility index (Phi) is 10.6. The van der Waals surface area contributed by atoms with Crippen molar-refractivity contribution in [2.24, 2.45) is 0 Å². The normalized spacial score (nSPS) is 13.0. The highest BCUT2D eigenvalue weighted by molar-refractivity contribution is 5.84. The van der Waals surface area contributed by atoms with Gasteiger partial charge in [-0.15, -0.1) is 0 Å². The molecule has 0 spiro atoms. The number of aryl methyl sites for hydroxylation is 5. The van der Waals surface area contributed by atoms with E-state index in [0.29, 0.717) is 22.3 Å². The SMILES string of the molecule is Cc1cc(-c2c(C)cccc2C(c2cc(C)cc(C(C)(C)C)c2O)(c2cc(C)cc(C(C)(C)C)c2O)c2cc(C)cc(C(C)(C)C)c2O)c(O)c(C(C)(C)C)c1. The van der Waals surface area contributed by atoms with Crippen molar-refractivity contribution in [1.29, 1.82) is 0 Å². The van der Waals surface area contributed by atoms with E-state index in [2.05, 4.69) is 102 Å². The first-order chi connectivity index (χ1) is 25.5. The molecule has 0 radical (unpaired) electrons. The molecule has 0 unspecified atom stereocenters. The van der Waals surface area contributed by atoms with Crippen LogP contribution in [-0.2, 0) is 27.1 Å². The van der Waals surface area contributed by atoms with Crippen LogP contribution in [0, 0.1) is 34.6 Å². The van der Waals surface area contributed by atoms with Gasteiger partial charge in [-0.1, -0.05) is 160 Å². The van der Waals surface area contributed by atoms with Crippen molar-refractivity contribution < 1.29 is 20.4 Å². The zero-order valence-corrected chi connectivity index (χ0v) is 37.1. The van der Waals surface area contributed by atoms with E-state index in [1.807, 2.05) is 82.3 Å². The Labute approximate surface area is 337 Å².